The summed E-state index contributed by atoms with van der Waals surface area (Å²) < 4.78 is 23.7. The maximum Gasteiger partial charge on any atom is 0.238 e. The molecule has 8 heteroatoms. The van der Waals surface area contributed by atoms with Crippen molar-refractivity contribution in [1.29, 1.82) is 0 Å². The van der Waals surface area contributed by atoms with Crippen molar-refractivity contribution >= 4 is 39.0 Å². The molecule has 29 heavy (non-hydrogen) atoms. The molecule has 0 radical (unpaired) electrons. The number of fused-ring (bicyclic) bond motifs is 1. The Morgan fingerprint density at radius 3 is 2.45 bits per heavy atom. The summed E-state index contributed by atoms with van der Waals surface area (Å²) in [5.74, 6) is 1.61. The van der Waals surface area contributed by atoms with Gasteiger partial charge < -0.3 is 5.32 Å². The van der Waals surface area contributed by atoms with Gasteiger partial charge in [-0.1, -0.05) is 30.3 Å². The highest BCUT2D eigenvalue weighted by Crippen LogP contribution is 2.36. The summed E-state index contributed by atoms with van der Waals surface area (Å²) in [7, 11) is -4.12. The average Bonchev–Trinajstić information content (AvgIpc) is 2.72. The van der Waals surface area contributed by atoms with E-state index in [0.29, 0.717) is 5.92 Å². The fraction of sp³-hybridized carbons (Fsp3) is 0.238. The summed E-state index contributed by atoms with van der Waals surface area (Å²) in [4.78, 5) is 25.4. The lowest BCUT2D eigenvalue weighted by Gasteiger charge is -2.25. The van der Waals surface area contributed by atoms with Crippen molar-refractivity contribution in [2.75, 3.05) is 16.8 Å². The minimum atomic E-state index is -4.12. The molecule has 3 N–H and O–H groups in total. The first-order valence-corrected chi connectivity index (χ1v) is 12.0. The second-order valence-corrected chi connectivity index (χ2v) is 9.83. The van der Waals surface area contributed by atoms with Gasteiger partial charge in [-0.05, 0) is 48.0 Å². The molecule has 0 aromatic heterocycles. The standard InChI is InChI=1S/C21H20N2O4S2/c22-29(26,27)19-7-3-5-15-20(19)18(24)12-17(21(15)25)23-16-6-2-1-4-14(16)13-8-10-28-11-9-13/h1-7,12-13,23H,8-11H2,(H2,22,26,27). The van der Waals surface area contributed by atoms with E-state index in [-0.39, 0.29) is 21.7 Å². The van der Waals surface area contributed by atoms with Crippen LogP contribution in [-0.2, 0) is 10.0 Å². The van der Waals surface area contributed by atoms with Gasteiger partial charge in [0.15, 0.2) is 5.78 Å². The molecule has 0 spiro atoms. The van der Waals surface area contributed by atoms with E-state index in [0.717, 1.165) is 41.7 Å². The van der Waals surface area contributed by atoms with Crippen molar-refractivity contribution in [2.45, 2.75) is 23.7 Å². The third kappa shape index (κ3) is 3.88. The van der Waals surface area contributed by atoms with Crippen LogP contribution in [0.2, 0.25) is 0 Å². The van der Waals surface area contributed by atoms with Crippen LogP contribution in [0.3, 0.4) is 0 Å². The molecular weight excluding hydrogens is 408 g/mol. The van der Waals surface area contributed by atoms with Gasteiger partial charge in [0.1, 0.15) is 0 Å². The molecular formula is C21H20N2O4S2. The Kier molecular flexibility index (Phi) is 5.33. The number of rotatable bonds is 4. The zero-order valence-corrected chi connectivity index (χ0v) is 17.2. The number of sulfonamides is 1. The fourth-order valence-corrected chi connectivity index (χ4v) is 5.71. The van der Waals surface area contributed by atoms with Gasteiger partial charge in [0, 0.05) is 17.3 Å². The zero-order chi connectivity index (χ0) is 20.6. The van der Waals surface area contributed by atoms with Gasteiger partial charge in [0.25, 0.3) is 0 Å². The summed E-state index contributed by atoms with van der Waals surface area (Å²) >= 11 is 1.94. The first-order valence-electron chi connectivity index (χ1n) is 9.26. The molecule has 2 aliphatic rings. The highest BCUT2D eigenvalue weighted by Gasteiger charge is 2.31. The first-order chi connectivity index (χ1) is 13.9. The number of Topliss-reactive ketones (excluding diaryl/α,β-unsaturated/α-hetero) is 1. The van der Waals surface area contributed by atoms with E-state index in [1.807, 2.05) is 36.0 Å². The smallest absolute Gasteiger partial charge is 0.238 e. The third-order valence-electron chi connectivity index (χ3n) is 5.24. The number of benzene rings is 2. The normalized spacial score (nSPS) is 17.6. The molecule has 4 rings (SSSR count). The van der Waals surface area contributed by atoms with Crippen LogP contribution in [0, 0.1) is 0 Å². The number of ketones is 2. The number of anilines is 1. The molecule has 0 bridgehead atoms. The third-order valence-corrected chi connectivity index (χ3v) is 7.24. The van der Waals surface area contributed by atoms with E-state index < -0.39 is 21.6 Å². The Labute approximate surface area is 173 Å². The van der Waals surface area contributed by atoms with Crippen LogP contribution >= 0.6 is 11.8 Å². The largest absolute Gasteiger partial charge is 0.352 e. The molecule has 1 heterocycles. The highest BCUT2D eigenvalue weighted by atomic mass is 32.2. The van der Waals surface area contributed by atoms with Crippen molar-refractivity contribution < 1.29 is 18.0 Å². The molecule has 1 aliphatic heterocycles. The van der Waals surface area contributed by atoms with Gasteiger partial charge in [-0.15, -0.1) is 0 Å². The monoisotopic (exact) mass is 428 g/mol. The molecule has 0 saturated carbocycles. The second-order valence-electron chi connectivity index (χ2n) is 7.07. The van der Waals surface area contributed by atoms with Crippen LogP contribution in [0.25, 0.3) is 0 Å². The number of allylic oxidation sites excluding steroid dienone is 2. The van der Waals surface area contributed by atoms with Gasteiger partial charge in [-0.2, -0.15) is 11.8 Å². The van der Waals surface area contributed by atoms with Crippen LogP contribution in [0.15, 0.2) is 59.1 Å². The lowest BCUT2D eigenvalue weighted by Crippen LogP contribution is -2.26. The number of nitrogens with two attached hydrogens (primary N) is 1. The highest BCUT2D eigenvalue weighted by molar-refractivity contribution is 7.99. The number of nitrogens with one attached hydrogen (secondary N) is 1. The van der Waals surface area contributed by atoms with E-state index in [1.54, 1.807) is 0 Å². The van der Waals surface area contributed by atoms with E-state index in [2.05, 4.69) is 5.32 Å². The van der Waals surface area contributed by atoms with Gasteiger partial charge >= 0.3 is 0 Å². The van der Waals surface area contributed by atoms with Crippen molar-refractivity contribution in [2.24, 2.45) is 5.14 Å². The maximum absolute atomic E-state index is 13.0. The molecule has 0 unspecified atom stereocenters. The van der Waals surface area contributed by atoms with E-state index in [4.69, 9.17) is 5.14 Å². The number of hydrogen-bond donors (Lipinski definition) is 2. The van der Waals surface area contributed by atoms with Crippen LogP contribution in [0.4, 0.5) is 5.69 Å². The van der Waals surface area contributed by atoms with Crippen molar-refractivity contribution in [3.05, 3.63) is 70.9 Å². The molecule has 2 aromatic rings. The van der Waals surface area contributed by atoms with Crippen LogP contribution in [0.1, 0.15) is 45.0 Å². The average molecular weight is 429 g/mol. The minimum Gasteiger partial charge on any atom is -0.352 e. The molecule has 2 aromatic carbocycles. The summed E-state index contributed by atoms with van der Waals surface area (Å²) in [6.45, 7) is 0. The zero-order valence-electron chi connectivity index (χ0n) is 15.6. The van der Waals surface area contributed by atoms with Gasteiger partial charge in [-0.3, -0.25) is 9.59 Å². The summed E-state index contributed by atoms with van der Waals surface area (Å²) in [5.41, 5.74) is 1.92. The van der Waals surface area contributed by atoms with Crippen molar-refractivity contribution in [1.82, 2.24) is 0 Å². The Hall–Kier alpha value is -2.42. The van der Waals surface area contributed by atoms with Gasteiger partial charge in [0.05, 0.1) is 16.2 Å². The number of hydrogen-bond acceptors (Lipinski definition) is 6. The van der Waals surface area contributed by atoms with Crippen LogP contribution in [-0.4, -0.2) is 31.5 Å². The Balaban J connectivity index is 1.70. The fourth-order valence-electron chi connectivity index (χ4n) is 3.84. The molecule has 0 atom stereocenters. The quantitative estimate of drug-likeness (QED) is 0.774. The second kappa shape index (κ2) is 7.78. The molecule has 1 fully saturated rings. The van der Waals surface area contributed by atoms with Crippen molar-refractivity contribution in [3.8, 4) is 0 Å². The van der Waals surface area contributed by atoms with Crippen LogP contribution < -0.4 is 10.5 Å². The lowest BCUT2D eigenvalue weighted by atomic mass is 9.90. The predicted molar refractivity (Wildman–Crippen MR) is 114 cm³/mol. The predicted octanol–water partition coefficient (Wildman–Crippen LogP) is 3.32. The lowest BCUT2D eigenvalue weighted by molar-refractivity contribution is 0.0983. The van der Waals surface area contributed by atoms with Gasteiger partial charge in [0.2, 0.25) is 15.8 Å². The first kappa shape index (κ1) is 19.9. The Morgan fingerprint density at radius 1 is 1.00 bits per heavy atom. The maximum atomic E-state index is 13.0. The minimum absolute atomic E-state index is 0.0399. The number of para-hydroxylation sites is 1. The Bertz CT molecular complexity index is 1130. The number of carbonyl (C=O) groups is 2. The number of carbonyl (C=O) groups excluding carboxylic acids is 2. The molecule has 6 nitrogen and oxygen atoms in total. The van der Waals surface area contributed by atoms with Gasteiger partial charge in [-0.25, -0.2) is 13.6 Å². The molecule has 150 valence electrons. The van der Waals surface area contributed by atoms with E-state index in [1.165, 1.54) is 18.2 Å². The SMILES string of the molecule is NS(=O)(=O)c1cccc2c1C(=O)C=C(Nc1ccccc1C1CCSCC1)C2=O. The van der Waals surface area contributed by atoms with E-state index >= 15 is 0 Å². The number of primary sulfonamides is 1. The van der Waals surface area contributed by atoms with Crippen molar-refractivity contribution in [3.63, 3.8) is 0 Å². The summed E-state index contributed by atoms with van der Waals surface area (Å²) in [6.07, 6.45) is 3.29. The molecule has 0 amide bonds. The number of thioether (sulfide) groups is 1. The molecule has 1 aliphatic carbocycles. The molecule has 1 saturated heterocycles. The Morgan fingerprint density at radius 2 is 1.72 bits per heavy atom. The summed E-state index contributed by atoms with van der Waals surface area (Å²) in [6, 6.07) is 11.9. The summed E-state index contributed by atoms with van der Waals surface area (Å²) in [5, 5.41) is 8.35. The topological polar surface area (TPSA) is 106 Å². The van der Waals surface area contributed by atoms with Crippen LogP contribution in [0.5, 0.6) is 0 Å². The van der Waals surface area contributed by atoms with E-state index in [9.17, 15) is 18.0 Å².